The van der Waals surface area contributed by atoms with Crippen LogP contribution in [0.5, 0.6) is 0 Å². The van der Waals surface area contributed by atoms with Crippen molar-refractivity contribution in [3.05, 3.63) is 35.4 Å². The smallest absolute Gasteiger partial charge is 0.251 e. The number of hydrogen-bond acceptors (Lipinski definition) is 2. The van der Waals surface area contributed by atoms with Gasteiger partial charge >= 0.3 is 0 Å². The minimum Gasteiger partial charge on any atom is -0.352 e. The third-order valence-corrected chi connectivity index (χ3v) is 2.72. The zero-order valence-corrected chi connectivity index (χ0v) is 10.8. The fourth-order valence-corrected chi connectivity index (χ4v) is 1.69. The summed E-state index contributed by atoms with van der Waals surface area (Å²) in [7, 11) is 1.92. The number of nitrogens with one attached hydrogen (secondary N) is 2. The molecule has 0 atom stereocenters. The molecule has 94 valence electrons. The number of likely N-dealkylation sites (N-methyl/N-ethyl adjacent to an activating group) is 1. The Labute approximate surface area is 104 Å². The van der Waals surface area contributed by atoms with Crippen LogP contribution >= 0.6 is 0 Å². The molecule has 3 nitrogen and oxygen atoms in total. The van der Waals surface area contributed by atoms with Crippen LogP contribution in [-0.4, -0.2) is 26.0 Å². The molecule has 1 aromatic carbocycles. The van der Waals surface area contributed by atoms with Gasteiger partial charge in [-0.25, -0.2) is 0 Å². The minimum absolute atomic E-state index is 0.0464. The van der Waals surface area contributed by atoms with E-state index < -0.39 is 0 Å². The Bertz CT molecular complexity index is 350. The van der Waals surface area contributed by atoms with Gasteiger partial charge < -0.3 is 10.6 Å². The van der Waals surface area contributed by atoms with E-state index in [9.17, 15) is 4.79 Å². The zero-order valence-electron chi connectivity index (χ0n) is 10.8. The summed E-state index contributed by atoms with van der Waals surface area (Å²) >= 11 is 0. The number of unbranched alkanes of at least 4 members (excludes halogenated alkanes) is 1. The zero-order chi connectivity index (χ0) is 12.5. The third kappa shape index (κ3) is 4.57. The Morgan fingerprint density at radius 1 is 1.24 bits per heavy atom. The molecule has 1 rings (SSSR count). The molecule has 0 aliphatic carbocycles. The monoisotopic (exact) mass is 234 g/mol. The molecular weight excluding hydrogens is 212 g/mol. The predicted octanol–water partition coefficient (Wildman–Crippen LogP) is 1.98. The average Bonchev–Trinajstić information content (AvgIpc) is 2.37. The molecule has 0 aliphatic rings. The number of carbonyl (C=O) groups is 1. The summed E-state index contributed by atoms with van der Waals surface area (Å²) in [5.41, 5.74) is 1.91. The van der Waals surface area contributed by atoms with Gasteiger partial charge in [-0.2, -0.15) is 0 Å². The first-order valence-electron chi connectivity index (χ1n) is 6.30. The molecule has 0 unspecified atom stereocenters. The number of amides is 1. The van der Waals surface area contributed by atoms with Crippen LogP contribution in [0.25, 0.3) is 0 Å². The second-order valence-electron chi connectivity index (χ2n) is 4.12. The quantitative estimate of drug-likeness (QED) is 0.708. The molecule has 0 radical (unpaired) electrons. The van der Waals surface area contributed by atoms with E-state index in [1.165, 1.54) is 0 Å². The maximum Gasteiger partial charge on any atom is 0.251 e. The molecule has 1 amide bonds. The highest BCUT2D eigenvalue weighted by Crippen LogP contribution is 2.09. The van der Waals surface area contributed by atoms with E-state index in [0.29, 0.717) is 0 Å². The first-order valence-corrected chi connectivity index (χ1v) is 6.30. The van der Waals surface area contributed by atoms with Gasteiger partial charge in [-0.3, -0.25) is 4.79 Å². The van der Waals surface area contributed by atoms with Gasteiger partial charge in [-0.1, -0.05) is 31.5 Å². The van der Waals surface area contributed by atoms with Crippen molar-refractivity contribution in [2.75, 3.05) is 20.1 Å². The summed E-state index contributed by atoms with van der Waals surface area (Å²) in [6.07, 6.45) is 3.01. The lowest BCUT2D eigenvalue weighted by Crippen LogP contribution is -2.26. The van der Waals surface area contributed by atoms with Crippen molar-refractivity contribution in [3.8, 4) is 0 Å². The van der Waals surface area contributed by atoms with E-state index in [-0.39, 0.29) is 5.91 Å². The van der Waals surface area contributed by atoms with Crippen molar-refractivity contribution in [1.29, 1.82) is 0 Å². The molecule has 3 heteroatoms. The SMILES string of the molecule is CCCCNC(=O)c1ccccc1CCNC. The van der Waals surface area contributed by atoms with Gasteiger partial charge in [0, 0.05) is 12.1 Å². The van der Waals surface area contributed by atoms with Crippen LogP contribution in [0.3, 0.4) is 0 Å². The Balaban J connectivity index is 2.64. The fourth-order valence-electron chi connectivity index (χ4n) is 1.69. The molecule has 0 saturated carbocycles. The summed E-state index contributed by atoms with van der Waals surface area (Å²) in [6, 6.07) is 7.81. The summed E-state index contributed by atoms with van der Waals surface area (Å²) in [5.74, 6) is 0.0464. The van der Waals surface area contributed by atoms with Gasteiger partial charge in [0.15, 0.2) is 0 Å². The summed E-state index contributed by atoms with van der Waals surface area (Å²) in [5, 5.41) is 6.06. The number of hydrogen-bond donors (Lipinski definition) is 2. The van der Waals surface area contributed by atoms with Crippen molar-refractivity contribution >= 4 is 5.91 Å². The molecule has 0 saturated heterocycles. The van der Waals surface area contributed by atoms with E-state index in [4.69, 9.17) is 0 Å². The molecule has 1 aromatic rings. The largest absolute Gasteiger partial charge is 0.352 e. The van der Waals surface area contributed by atoms with Crippen LogP contribution in [-0.2, 0) is 6.42 Å². The van der Waals surface area contributed by atoms with Crippen molar-refractivity contribution in [1.82, 2.24) is 10.6 Å². The summed E-state index contributed by atoms with van der Waals surface area (Å²) in [6.45, 7) is 3.77. The van der Waals surface area contributed by atoms with Crippen LogP contribution in [0.2, 0.25) is 0 Å². The Hall–Kier alpha value is -1.35. The second-order valence-corrected chi connectivity index (χ2v) is 4.12. The van der Waals surface area contributed by atoms with Crippen LogP contribution in [0.15, 0.2) is 24.3 Å². The normalized spacial score (nSPS) is 10.2. The minimum atomic E-state index is 0.0464. The van der Waals surface area contributed by atoms with Crippen molar-refractivity contribution in [3.63, 3.8) is 0 Å². The number of carbonyl (C=O) groups excluding carboxylic acids is 1. The van der Waals surface area contributed by atoms with Gasteiger partial charge in [0.25, 0.3) is 5.91 Å². The highest BCUT2D eigenvalue weighted by atomic mass is 16.1. The van der Waals surface area contributed by atoms with Gasteiger partial charge in [0.1, 0.15) is 0 Å². The van der Waals surface area contributed by atoms with E-state index >= 15 is 0 Å². The molecule has 0 heterocycles. The lowest BCUT2D eigenvalue weighted by Gasteiger charge is -2.09. The standard InChI is InChI=1S/C14H22N2O/c1-3-4-10-16-14(17)13-8-6-5-7-12(13)9-11-15-2/h5-8,15H,3-4,9-11H2,1-2H3,(H,16,17). The summed E-state index contributed by atoms with van der Waals surface area (Å²) in [4.78, 5) is 12.0. The average molecular weight is 234 g/mol. The van der Waals surface area contributed by atoms with Crippen molar-refractivity contribution in [2.45, 2.75) is 26.2 Å². The van der Waals surface area contributed by atoms with E-state index in [2.05, 4.69) is 17.6 Å². The first-order chi connectivity index (χ1) is 8.29. The maximum atomic E-state index is 12.0. The van der Waals surface area contributed by atoms with Crippen LogP contribution in [0, 0.1) is 0 Å². The third-order valence-electron chi connectivity index (χ3n) is 2.72. The molecule has 0 fully saturated rings. The van der Waals surface area contributed by atoms with Crippen LogP contribution in [0.4, 0.5) is 0 Å². The van der Waals surface area contributed by atoms with Crippen molar-refractivity contribution in [2.24, 2.45) is 0 Å². The lowest BCUT2D eigenvalue weighted by atomic mass is 10.0. The molecule has 0 aromatic heterocycles. The fraction of sp³-hybridized carbons (Fsp3) is 0.500. The molecule has 0 aliphatic heterocycles. The molecule has 0 spiro atoms. The highest BCUT2D eigenvalue weighted by molar-refractivity contribution is 5.95. The highest BCUT2D eigenvalue weighted by Gasteiger charge is 2.09. The molecular formula is C14H22N2O. The van der Waals surface area contributed by atoms with Crippen molar-refractivity contribution < 1.29 is 4.79 Å². The van der Waals surface area contributed by atoms with E-state index in [0.717, 1.165) is 43.5 Å². The lowest BCUT2D eigenvalue weighted by molar-refractivity contribution is 0.0952. The number of benzene rings is 1. The van der Waals surface area contributed by atoms with Gasteiger partial charge in [0.05, 0.1) is 0 Å². The van der Waals surface area contributed by atoms with E-state index in [1.807, 2.05) is 31.3 Å². The Kier molecular flexibility index (Phi) is 6.33. The Morgan fingerprint density at radius 3 is 2.71 bits per heavy atom. The van der Waals surface area contributed by atoms with Gasteiger partial charge in [0.2, 0.25) is 0 Å². The van der Waals surface area contributed by atoms with Crippen LogP contribution in [0.1, 0.15) is 35.7 Å². The topological polar surface area (TPSA) is 41.1 Å². The van der Waals surface area contributed by atoms with Gasteiger partial charge in [-0.05, 0) is 38.1 Å². The van der Waals surface area contributed by atoms with Gasteiger partial charge in [-0.15, -0.1) is 0 Å². The molecule has 0 bridgehead atoms. The first kappa shape index (κ1) is 13.7. The van der Waals surface area contributed by atoms with E-state index in [1.54, 1.807) is 0 Å². The number of rotatable bonds is 7. The molecule has 17 heavy (non-hydrogen) atoms. The Morgan fingerprint density at radius 2 is 2.00 bits per heavy atom. The van der Waals surface area contributed by atoms with Crippen LogP contribution < -0.4 is 10.6 Å². The summed E-state index contributed by atoms with van der Waals surface area (Å²) < 4.78 is 0. The second kappa shape index (κ2) is 7.85. The molecule has 2 N–H and O–H groups in total. The predicted molar refractivity (Wildman–Crippen MR) is 71.3 cm³/mol. The maximum absolute atomic E-state index is 12.0.